The van der Waals surface area contributed by atoms with Crippen molar-refractivity contribution in [3.8, 4) is 11.5 Å². The molecule has 1 aromatic carbocycles. The number of fused-ring (bicyclic) bond motifs is 1. The van der Waals surface area contributed by atoms with E-state index in [0.717, 1.165) is 0 Å². The molecule has 0 spiro atoms. The number of hydrogen-bond donors (Lipinski definition) is 1. The zero-order valence-electron chi connectivity index (χ0n) is 11.9. The Labute approximate surface area is 117 Å². The second-order valence-electron chi connectivity index (χ2n) is 5.44. The first-order valence-corrected chi connectivity index (χ1v) is 6.20. The smallest absolute Gasteiger partial charge is 0.412 e. The fraction of sp³-hybridized carbons (Fsp3) is 0.429. The van der Waals surface area contributed by atoms with Crippen LogP contribution in [-0.2, 0) is 4.74 Å². The molecular formula is C14H17NO5. The van der Waals surface area contributed by atoms with Gasteiger partial charge < -0.3 is 14.2 Å². The minimum atomic E-state index is -0.623. The maximum absolute atomic E-state index is 11.8. The van der Waals surface area contributed by atoms with Crippen LogP contribution in [0.2, 0.25) is 0 Å². The zero-order valence-corrected chi connectivity index (χ0v) is 11.9. The van der Waals surface area contributed by atoms with E-state index in [1.807, 2.05) is 0 Å². The summed E-state index contributed by atoms with van der Waals surface area (Å²) in [6, 6.07) is 1.54. The van der Waals surface area contributed by atoms with Gasteiger partial charge in [-0.15, -0.1) is 0 Å². The van der Waals surface area contributed by atoms with E-state index in [2.05, 4.69) is 5.32 Å². The topological polar surface area (TPSA) is 73.9 Å². The standard InChI is InChI=1S/C14H17NO5/c1-8-11(15-13(17)20-14(2,3)4)9(6-16)5-10-12(8)19-7-18-10/h5-6H,7H2,1-4H3,(H,15,17). The van der Waals surface area contributed by atoms with Crippen molar-refractivity contribution in [3.05, 3.63) is 17.2 Å². The molecule has 2 rings (SSSR count). The Hall–Kier alpha value is -2.24. The highest BCUT2D eigenvalue weighted by Gasteiger charge is 2.24. The summed E-state index contributed by atoms with van der Waals surface area (Å²) in [6.07, 6.45) is 0.0318. The second-order valence-corrected chi connectivity index (χ2v) is 5.44. The predicted molar refractivity (Wildman–Crippen MR) is 72.5 cm³/mol. The molecule has 1 N–H and O–H groups in total. The van der Waals surface area contributed by atoms with Gasteiger partial charge in [-0.2, -0.15) is 0 Å². The van der Waals surface area contributed by atoms with Crippen LogP contribution in [0, 0.1) is 6.92 Å². The lowest BCUT2D eigenvalue weighted by atomic mass is 10.1. The Bertz CT molecular complexity index is 560. The van der Waals surface area contributed by atoms with Crippen LogP contribution in [0.1, 0.15) is 36.7 Å². The van der Waals surface area contributed by atoms with E-state index in [1.54, 1.807) is 27.7 Å². The van der Waals surface area contributed by atoms with Crippen LogP contribution < -0.4 is 14.8 Å². The number of benzene rings is 1. The van der Waals surface area contributed by atoms with Crippen LogP contribution in [0.25, 0.3) is 0 Å². The van der Waals surface area contributed by atoms with Gasteiger partial charge in [-0.05, 0) is 33.8 Å². The SMILES string of the molecule is Cc1c(NC(=O)OC(C)(C)C)c(C=O)cc2c1OCO2. The first-order chi connectivity index (χ1) is 9.31. The largest absolute Gasteiger partial charge is 0.454 e. The molecule has 6 heteroatoms. The van der Waals surface area contributed by atoms with Gasteiger partial charge in [0, 0.05) is 11.1 Å². The number of amides is 1. The Balaban J connectivity index is 2.32. The maximum Gasteiger partial charge on any atom is 0.412 e. The van der Waals surface area contributed by atoms with Gasteiger partial charge in [0.25, 0.3) is 0 Å². The summed E-state index contributed by atoms with van der Waals surface area (Å²) in [5, 5.41) is 2.59. The highest BCUT2D eigenvalue weighted by Crippen LogP contribution is 2.41. The quantitative estimate of drug-likeness (QED) is 0.842. The van der Waals surface area contributed by atoms with Gasteiger partial charge >= 0.3 is 6.09 Å². The summed E-state index contributed by atoms with van der Waals surface area (Å²) in [6.45, 7) is 7.14. The summed E-state index contributed by atoms with van der Waals surface area (Å²) in [5.74, 6) is 1.03. The summed E-state index contributed by atoms with van der Waals surface area (Å²) >= 11 is 0. The Morgan fingerprint density at radius 1 is 1.40 bits per heavy atom. The third-order valence-corrected chi connectivity index (χ3v) is 2.69. The molecule has 1 aliphatic rings. The fourth-order valence-electron chi connectivity index (χ4n) is 1.90. The molecule has 0 unspecified atom stereocenters. The van der Waals surface area contributed by atoms with E-state index in [0.29, 0.717) is 34.6 Å². The third-order valence-electron chi connectivity index (χ3n) is 2.69. The molecule has 108 valence electrons. The van der Waals surface area contributed by atoms with Crippen LogP contribution >= 0.6 is 0 Å². The van der Waals surface area contributed by atoms with Crippen LogP contribution in [0.15, 0.2) is 6.07 Å². The van der Waals surface area contributed by atoms with Crippen molar-refractivity contribution >= 4 is 18.1 Å². The summed E-state index contributed by atoms with van der Waals surface area (Å²) in [5.41, 5.74) is 0.708. The summed E-state index contributed by atoms with van der Waals surface area (Å²) in [4.78, 5) is 23.0. The van der Waals surface area contributed by atoms with Crippen LogP contribution in [0.5, 0.6) is 11.5 Å². The Morgan fingerprint density at radius 3 is 2.70 bits per heavy atom. The Kier molecular flexibility index (Phi) is 3.57. The normalized spacial score (nSPS) is 13.0. The molecule has 0 aromatic heterocycles. The van der Waals surface area contributed by atoms with Crippen LogP contribution in [-0.4, -0.2) is 24.8 Å². The van der Waals surface area contributed by atoms with Crippen LogP contribution in [0.3, 0.4) is 0 Å². The molecule has 0 atom stereocenters. The maximum atomic E-state index is 11.8. The first-order valence-electron chi connectivity index (χ1n) is 6.20. The molecule has 1 aromatic rings. The predicted octanol–water partition coefficient (Wildman–Crippen LogP) is 2.88. The molecular weight excluding hydrogens is 262 g/mol. The summed E-state index contributed by atoms with van der Waals surface area (Å²) in [7, 11) is 0. The molecule has 0 saturated carbocycles. The third kappa shape index (κ3) is 2.84. The number of hydrogen-bond acceptors (Lipinski definition) is 5. The van der Waals surface area contributed by atoms with E-state index in [-0.39, 0.29) is 6.79 Å². The van der Waals surface area contributed by atoms with Crippen molar-refractivity contribution in [2.45, 2.75) is 33.3 Å². The molecule has 0 fully saturated rings. The number of nitrogens with one attached hydrogen (secondary N) is 1. The molecule has 20 heavy (non-hydrogen) atoms. The number of carbonyl (C=O) groups excluding carboxylic acids is 2. The lowest BCUT2D eigenvalue weighted by Gasteiger charge is -2.21. The van der Waals surface area contributed by atoms with E-state index >= 15 is 0 Å². The fourth-order valence-corrected chi connectivity index (χ4v) is 1.90. The lowest BCUT2D eigenvalue weighted by Crippen LogP contribution is -2.27. The average molecular weight is 279 g/mol. The van der Waals surface area contributed by atoms with Gasteiger partial charge in [0.15, 0.2) is 17.8 Å². The molecule has 0 saturated heterocycles. The summed E-state index contributed by atoms with van der Waals surface area (Å²) < 4.78 is 15.7. The molecule has 1 heterocycles. The molecule has 6 nitrogen and oxygen atoms in total. The highest BCUT2D eigenvalue weighted by atomic mass is 16.7. The van der Waals surface area contributed by atoms with Gasteiger partial charge in [-0.25, -0.2) is 4.79 Å². The van der Waals surface area contributed by atoms with Crippen molar-refractivity contribution in [3.63, 3.8) is 0 Å². The molecule has 0 bridgehead atoms. The van der Waals surface area contributed by atoms with Crippen LogP contribution in [0.4, 0.5) is 10.5 Å². The van der Waals surface area contributed by atoms with Crippen molar-refractivity contribution in [1.82, 2.24) is 0 Å². The number of rotatable bonds is 2. The highest BCUT2D eigenvalue weighted by molar-refractivity contribution is 5.96. The Morgan fingerprint density at radius 2 is 2.10 bits per heavy atom. The zero-order chi connectivity index (χ0) is 14.9. The van der Waals surface area contributed by atoms with Gasteiger partial charge in [0.05, 0.1) is 5.69 Å². The van der Waals surface area contributed by atoms with E-state index in [9.17, 15) is 9.59 Å². The average Bonchev–Trinajstić information content (AvgIpc) is 2.78. The first kappa shape index (κ1) is 14.2. The monoisotopic (exact) mass is 279 g/mol. The lowest BCUT2D eigenvalue weighted by molar-refractivity contribution is 0.0636. The molecule has 1 amide bonds. The van der Waals surface area contributed by atoms with Gasteiger partial charge in [-0.1, -0.05) is 0 Å². The molecule has 0 radical (unpaired) electrons. The molecule has 0 aliphatic carbocycles. The van der Waals surface area contributed by atoms with Gasteiger partial charge in [-0.3, -0.25) is 10.1 Å². The van der Waals surface area contributed by atoms with Crippen molar-refractivity contribution in [2.75, 3.05) is 12.1 Å². The van der Waals surface area contributed by atoms with Crippen molar-refractivity contribution in [2.24, 2.45) is 0 Å². The minimum Gasteiger partial charge on any atom is -0.454 e. The van der Waals surface area contributed by atoms with E-state index in [1.165, 1.54) is 6.07 Å². The van der Waals surface area contributed by atoms with Gasteiger partial charge in [0.1, 0.15) is 5.60 Å². The molecule has 1 aliphatic heterocycles. The second kappa shape index (κ2) is 5.03. The van der Waals surface area contributed by atoms with E-state index < -0.39 is 11.7 Å². The number of ether oxygens (including phenoxy) is 3. The number of aldehydes is 1. The minimum absolute atomic E-state index is 0.102. The number of carbonyl (C=O) groups is 2. The van der Waals surface area contributed by atoms with Crippen molar-refractivity contribution in [1.29, 1.82) is 0 Å². The van der Waals surface area contributed by atoms with Gasteiger partial charge in [0.2, 0.25) is 6.79 Å². The van der Waals surface area contributed by atoms with E-state index in [4.69, 9.17) is 14.2 Å². The number of anilines is 1. The van der Waals surface area contributed by atoms with Crippen molar-refractivity contribution < 1.29 is 23.8 Å².